The minimum Gasteiger partial charge on any atom is -0.378 e. The van der Waals surface area contributed by atoms with Crippen LogP contribution in [0, 0.1) is 11.8 Å². The predicted octanol–water partition coefficient (Wildman–Crippen LogP) is 1.72. The zero-order valence-electron chi connectivity index (χ0n) is 13.5. The summed E-state index contributed by atoms with van der Waals surface area (Å²) in [5.74, 6) is 2.83. The molecule has 3 fully saturated rings. The van der Waals surface area contributed by atoms with Crippen LogP contribution in [0.1, 0.15) is 39.5 Å². The van der Waals surface area contributed by atoms with Crippen molar-refractivity contribution < 1.29 is 14.4 Å². The summed E-state index contributed by atoms with van der Waals surface area (Å²) in [4.78, 5) is 17.6. The summed E-state index contributed by atoms with van der Waals surface area (Å²) >= 11 is 1.72. The van der Waals surface area contributed by atoms with Gasteiger partial charge in [-0.1, -0.05) is 0 Å². The zero-order chi connectivity index (χ0) is 15.5. The highest BCUT2D eigenvalue weighted by Crippen LogP contribution is 2.34. The van der Waals surface area contributed by atoms with Crippen molar-refractivity contribution in [2.45, 2.75) is 63.8 Å². The lowest BCUT2D eigenvalue weighted by molar-refractivity contribution is -0.119. The fourth-order valence-electron chi connectivity index (χ4n) is 3.89. The van der Waals surface area contributed by atoms with Gasteiger partial charge in [-0.05, 0) is 45.4 Å². The van der Waals surface area contributed by atoms with Crippen molar-refractivity contribution in [3.63, 3.8) is 0 Å². The van der Waals surface area contributed by atoms with E-state index in [1.807, 2.05) is 0 Å². The number of hydroxylamine groups is 1. The minimum atomic E-state index is 0.180. The lowest BCUT2D eigenvalue weighted by Gasteiger charge is -2.31. The summed E-state index contributed by atoms with van der Waals surface area (Å²) in [6.07, 6.45) is 5.10. The quantitative estimate of drug-likeness (QED) is 0.805. The highest BCUT2D eigenvalue weighted by molar-refractivity contribution is 7.99. The van der Waals surface area contributed by atoms with Gasteiger partial charge >= 0.3 is 0 Å². The van der Waals surface area contributed by atoms with E-state index < -0.39 is 0 Å². The van der Waals surface area contributed by atoms with Gasteiger partial charge in [-0.25, -0.2) is 0 Å². The maximum Gasteiger partial charge on any atom is 0.230 e. The Hall–Kier alpha value is -0.300. The van der Waals surface area contributed by atoms with Gasteiger partial charge < -0.3 is 10.1 Å². The maximum atomic E-state index is 12.1. The second-order valence-electron chi connectivity index (χ2n) is 6.94. The second kappa shape index (κ2) is 7.51. The van der Waals surface area contributed by atoms with E-state index >= 15 is 0 Å². The van der Waals surface area contributed by atoms with E-state index in [-0.39, 0.29) is 12.0 Å². The number of ether oxygens (including phenoxy) is 1. The first-order chi connectivity index (χ1) is 10.6. The van der Waals surface area contributed by atoms with Crippen LogP contribution in [0.25, 0.3) is 0 Å². The standard InChI is InChI=1S/C16H28N2O3S/c1-10-14(11(2)21-18-10)8-22-9-16(19)17-13-3-4-15-12(7-13)5-6-20-15/h10-15,18H,3-9H2,1-2H3,(H,17,19). The van der Waals surface area contributed by atoms with Crippen LogP contribution in [0.5, 0.6) is 0 Å². The maximum absolute atomic E-state index is 12.1. The molecule has 1 aliphatic carbocycles. The van der Waals surface area contributed by atoms with Gasteiger partial charge in [0, 0.05) is 30.4 Å². The Bertz CT molecular complexity index is 386. The summed E-state index contributed by atoms with van der Waals surface area (Å²) in [6.45, 7) is 5.13. The molecule has 6 atom stereocenters. The van der Waals surface area contributed by atoms with E-state index in [1.54, 1.807) is 11.8 Å². The van der Waals surface area contributed by atoms with Crippen molar-refractivity contribution in [1.29, 1.82) is 0 Å². The first-order valence-corrected chi connectivity index (χ1v) is 9.69. The van der Waals surface area contributed by atoms with Gasteiger partial charge in [-0.2, -0.15) is 17.2 Å². The molecular formula is C16H28N2O3S. The van der Waals surface area contributed by atoms with Crippen LogP contribution in [0.3, 0.4) is 0 Å². The SMILES string of the molecule is CC1NOC(C)C1CSCC(=O)NC1CCC2OCCC2C1. The molecular weight excluding hydrogens is 300 g/mol. The van der Waals surface area contributed by atoms with Gasteiger partial charge in [0.2, 0.25) is 5.91 Å². The first kappa shape index (κ1) is 16.6. The molecule has 1 amide bonds. The topological polar surface area (TPSA) is 59.6 Å². The normalized spacial score (nSPS) is 41.4. The van der Waals surface area contributed by atoms with Crippen molar-refractivity contribution in [3.8, 4) is 0 Å². The molecule has 6 heteroatoms. The average Bonchev–Trinajstić information content (AvgIpc) is 3.07. The molecule has 0 radical (unpaired) electrons. The van der Waals surface area contributed by atoms with Crippen molar-refractivity contribution in [2.24, 2.45) is 11.8 Å². The van der Waals surface area contributed by atoms with Gasteiger partial charge in [0.1, 0.15) is 0 Å². The number of rotatable bonds is 5. The molecule has 2 N–H and O–H groups in total. The molecule has 0 aromatic heterocycles. The Balaban J connectivity index is 1.34. The molecule has 3 rings (SSSR count). The molecule has 0 bridgehead atoms. The summed E-state index contributed by atoms with van der Waals surface area (Å²) in [7, 11) is 0. The lowest BCUT2D eigenvalue weighted by atomic mass is 9.83. The molecule has 2 saturated heterocycles. The van der Waals surface area contributed by atoms with Crippen LogP contribution in [0.4, 0.5) is 0 Å². The van der Waals surface area contributed by atoms with Crippen LogP contribution in [0.15, 0.2) is 0 Å². The Morgan fingerprint density at radius 3 is 2.95 bits per heavy atom. The Morgan fingerprint density at radius 2 is 2.18 bits per heavy atom. The van der Waals surface area contributed by atoms with Crippen LogP contribution >= 0.6 is 11.8 Å². The molecule has 0 aromatic rings. The number of thioether (sulfide) groups is 1. The number of fused-ring (bicyclic) bond motifs is 1. The minimum absolute atomic E-state index is 0.180. The molecule has 2 heterocycles. The highest BCUT2D eigenvalue weighted by atomic mass is 32.2. The molecule has 2 aliphatic heterocycles. The number of nitrogens with one attached hydrogen (secondary N) is 2. The van der Waals surface area contributed by atoms with Crippen LogP contribution in [-0.2, 0) is 14.4 Å². The van der Waals surface area contributed by atoms with Crippen molar-refractivity contribution >= 4 is 17.7 Å². The fraction of sp³-hybridized carbons (Fsp3) is 0.938. The van der Waals surface area contributed by atoms with Gasteiger partial charge in [0.25, 0.3) is 0 Å². The molecule has 1 saturated carbocycles. The Labute approximate surface area is 137 Å². The third kappa shape index (κ3) is 3.96. The molecule has 0 aromatic carbocycles. The third-order valence-corrected chi connectivity index (χ3v) is 6.41. The van der Waals surface area contributed by atoms with Crippen LogP contribution in [-0.4, -0.2) is 48.3 Å². The smallest absolute Gasteiger partial charge is 0.230 e. The van der Waals surface area contributed by atoms with E-state index in [9.17, 15) is 4.79 Å². The molecule has 5 nitrogen and oxygen atoms in total. The number of carbonyl (C=O) groups is 1. The highest BCUT2D eigenvalue weighted by Gasteiger charge is 2.35. The van der Waals surface area contributed by atoms with E-state index in [2.05, 4.69) is 24.6 Å². The number of carbonyl (C=O) groups excluding carboxylic acids is 1. The fourth-order valence-corrected chi connectivity index (χ4v) is 5.11. The van der Waals surface area contributed by atoms with Gasteiger partial charge in [0.15, 0.2) is 0 Å². The summed E-state index contributed by atoms with van der Waals surface area (Å²) in [5, 5.41) is 3.22. The van der Waals surface area contributed by atoms with Gasteiger partial charge in [0.05, 0.1) is 18.0 Å². The second-order valence-corrected chi connectivity index (χ2v) is 7.97. The monoisotopic (exact) mass is 328 g/mol. The molecule has 6 unspecified atom stereocenters. The Morgan fingerprint density at radius 1 is 1.32 bits per heavy atom. The molecule has 3 aliphatic rings. The molecule has 22 heavy (non-hydrogen) atoms. The average molecular weight is 328 g/mol. The molecule has 126 valence electrons. The zero-order valence-corrected chi connectivity index (χ0v) is 14.4. The number of amides is 1. The van der Waals surface area contributed by atoms with Crippen molar-refractivity contribution in [3.05, 3.63) is 0 Å². The van der Waals surface area contributed by atoms with E-state index in [1.165, 1.54) is 0 Å². The summed E-state index contributed by atoms with van der Waals surface area (Å²) in [5.41, 5.74) is 3.02. The summed E-state index contributed by atoms with van der Waals surface area (Å²) in [6, 6.07) is 0.716. The Kier molecular flexibility index (Phi) is 5.65. The van der Waals surface area contributed by atoms with Crippen molar-refractivity contribution in [2.75, 3.05) is 18.1 Å². The lowest BCUT2D eigenvalue weighted by Crippen LogP contribution is -2.42. The van der Waals surface area contributed by atoms with Crippen LogP contribution < -0.4 is 10.8 Å². The van der Waals surface area contributed by atoms with Crippen molar-refractivity contribution in [1.82, 2.24) is 10.8 Å². The predicted molar refractivity (Wildman–Crippen MR) is 87.6 cm³/mol. The molecule has 0 spiro atoms. The third-order valence-electron chi connectivity index (χ3n) is 5.33. The largest absolute Gasteiger partial charge is 0.378 e. The summed E-state index contributed by atoms with van der Waals surface area (Å²) < 4.78 is 5.72. The van der Waals surface area contributed by atoms with Gasteiger partial charge in [-0.3, -0.25) is 9.63 Å². The first-order valence-electron chi connectivity index (χ1n) is 8.53. The van der Waals surface area contributed by atoms with Gasteiger partial charge in [-0.15, -0.1) is 0 Å². The van der Waals surface area contributed by atoms with Crippen LogP contribution in [0.2, 0.25) is 0 Å². The van der Waals surface area contributed by atoms with E-state index in [0.717, 1.165) is 38.0 Å². The number of hydrogen-bond acceptors (Lipinski definition) is 5. The van der Waals surface area contributed by atoms with E-state index in [0.29, 0.717) is 35.8 Å². The van der Waals surface area contributed by atoms with E-state index in [4.69, 9.17) is 9.57 Å². The number of hydrogen-bond donors (Lipinski definition) is 2.